The van der Waals surface area contributed by atoms with Gasteiger partial charge in [-0.2, -0.15) is 8.42 Å². The molecule has 7 nitrogen and oxygen atoms in total. The zero-order valence-corrected chi connectivity index (χ0v) is 18.0. The summed E-state index contributed by atoms with van der Waals surface area (Å²) in [7, 11) is -4.19. The lowest BCUT2D eigenvalue weighted by atomic mass is 10.2. The number of imidazole rings is 1. The second kappa shape index (κ2) is 9.53. The lowest BCUT2D eigenvalue weighted by Crippen LogP contribution is -2.30. The van der Waals surface area contributed by atoms with Gasteiger partial charge < -0.3 is 9.88 Å². The van der Waals surface area contributed by atoms with Gasteiger partial charge in [0, 0.05) is 18.8 Å². The van der Waals surface area contributed by atoms with E-state index in [2.05, 4.69) is 10.3 Å². The smallest absolute Gasteiger partial charge is 0.297 e. The van der Waals surface area contributed by atoms with Crippen LogP contribution in [0.2, 0.25) is 0 Å². The molecule has 1 aromatic heterocycles. The SMILES string of the molecule is Cc1ccc(S(=O)(=O)OC(C)C(=O)Nc2cn(Cc3cc(F)cc(F)c3)c(CF)n2)cc1. The Labute approximate surface area is 183 Å². The summed E-state index contributed by atoms with van der Waals surface area (Å²) >= 11 is 0. The molecule has 0 saturated carbocycles. The van der Waals surface area contributed by atoms with E-state index in [1.54, 1.807) is 19.1 Å². The molecule has 0 saturated heterocycles. The van der Waals surface area contributed by atoms with Crippen molar-refractivity contribution in [3.05, 3.63) is 77.2 Å². The number of amides is 1. The Kier molecular flexibility index (Phi) is 6.99. The summed E-state index contributed by atoms with van der Waals surface area (Å²) in [5, 5.41) is 2.35. The van der Waals surface area contributed by atoms with Crippen LogP contribution >= 0.6 is 0 Å². The number of benzene rings is 2. The minimum Gasteiger partial charge on any atom is -0.326 e. The fourth-order valence-electron chi connectivity index (χ4n) is 2.88. The van der Waals surface area contributed by atoms with Gasteiger partial charge in [0.05, 0.1) is 4.90 Å². The molecule has 1 heterocycles. The minimum atomic E-state index is -4.19. The van der Waals surface area contributed by atoms with Crippen molar-refractivity contribution in [2.45, 2.75) is 38.1 Å². The standard InChI is InChI=1S/C21H20F3N3O4S/c1-13-3-5-18(6-4-13)32(29,30)31-14(2)21(28)26-19-12-27(20(10-22)25-19)11-15-7-16(23)9-17(24)8-15/h3-9,12,14H,10-11H2,1-2H3,(H,26,28). The van der Waals surface area contributed by atoms with Crippen LogP contribution in [0, 0.1) is 18.6 Å². The van der Waals surface area contributed by atoms with Crippen molar-refractivity contribution in [3.8, 4) is 0 Å². The average Bonchev–Trinajstić information content (AvgIpc) is 3.08. The molecule has 0 radical (unpaired) electrons. The molecule has 1 amide bonds. The molecular weight excluding hydrogens is 447 g/mol. The van der Waals surface area contributed by atoms with E-state index >= 15 is 0 Å². The lowest BCUT2D eigenvalue weighted by Gasteiger charge is -2.12. The number of hydrogen-bond donors (Lipinski definition) is 1. The monoisotopic (exact) mass is 467 g/mol. The number of anilines is 1. The van der Waals surface area contributed by atoms with Gasteiger partial charge >= 0.3 is 0 Å². The molecule has 0 aliphatic carbocycles. The van der Waals surface area contributed by atoms with Crippen LogP contribution in [0.25, 0.3) is 0 Å². The van der Waals surface area contributed by atoms with Crippen molar-refractivity contribution >= 4 is 21.8 Å². The molecule has 1 unspecified atom stereocenters. The van der Waals surface area contributed by atoms with Crippen molar-refractivity contribution in [1.82, 2.24) is 9.55 Å². The summed E-state index contributed by atoms with van der Waals surface area (Å²) in [5.41, 5.74) is 1.09. The lowest BCUT2D eigenvalue weighted by molar-refractivity contribution is -0.121. The average molecular weight is 467 g/mol. The van der Waals surface area contributed by atoms with Crippen molar-refractivity contribution in [2.24, 2.45) is 0 Å². The van der Waals surface area contributed by atoms with Crippen molar-refractivity contribution in [2.75, 3.05) is 5.32 Å². The van der Waals surface area contributed by atoms with Gasteiger partial charge in [0.25, 0.3) is 16.0 Å². The van der Waals surface area contributed by atoms with Gasteiger partial charge in [-0.1, -0.05) is 17.7 Å². The Morgan fingerprint density at radius 2 is 1.78 bits per heavy atom. The van der Waals surface area contributed by atoms with Crippen molar-refractivity contribution in [3.63, 3.8) is 0 Å². The van der Waals surface area contributed by atoms with Gasteiger partial charge in [-0.15, -0.1) is 0 Å². The van der Waals surface area contributed by atoms with Crippen molar-refractivity contribution in [1.29, 1.82) is 0 Å². The maximum atomic E-state index is 13.4. The summed E-state index contributed by atoms with van der Waals surface area (Å²) in [5.74, 6) is -2.55. The summed E-state index contributed by atoms with van der Waals surface area (Å²) < 4.78 is 71.1. The Balaban J connectivity index is 1.71. The maximum Gasteiger partial charge on any atom is 0.297 e. The summed E-state index contributed by atoms with van der Waals surface area (Å²) in [6.45, 7) is 1.94. The summed E-state index contributed by atoms with van der Waals surface area (Å²) in [6.07, 6.45) is -0.130. The Hall–Kier alpha value is -3.18. The third-order valence-electron chi connectivity index (χ3n) is 4.46. The molecule has 170 valence electrons. The van der Waals surface area contributed by atoms with E-state index in [9.17, 15) is 26.4 Å². The Morgan fingerprint density at radius 3 is 2.38 bits per heavy atom. The summed E-state index contributed by atoms with van der Waals surface area (Å²) in [6, 6.07) is 8.81. The molecule has 32 heavy (non-hydrogen) atoms. The van der Waals surface area contributed by atoms with Crippen LogP contribution in [-0.2, 0) is 32.3 Å². The molecule has 11 heteroatoms. The van der Waals surface area contributed by atoms with E-state index in [0.29, 0.717) is 6.07 Å². The van der Waals surface area contributed by atoms with Gasteiger partial charge in [0.1, 0.15) is 24.1 Å². The van der Waals surface area contributed by atoms with Gasteiger partial charge in [0.15, 0.2) is 11.9 Å². The first-order chi connectivity index (χ1) is 15.1. The highest BCUT2D eigenvalue weighted by Gasteiger charge is 2.24. The molecule has 2 aromatic carbocycles. The van der Waals surface area contributed by atoms with Crippen LogP contribution in [0.1, 0.15) is 23.9 Å². The van der Waals surface area contributed by atoms with Gasteiger partial charge in [-0.3, -0.25) is 8.98 Å². The van der Waals surface area contributed by atoms with Crippen LogP contribution in [0.4, 0.5) is 19.0 Å². The number of aryl methyl sites for hydroxylation is 1. The van der Waals surface area contributed by atoms with Crippen LogP contribution in [0.15, 0.2) is 53.6 Å². The van der Waals surface area contributed by atoms with E-state index in [0.717, 1.165) is 17.7 Å². The maximum absolute atomic E-state index is 13.4. The highest BCUT2D eigenvalue weighted by Crippen LogP contribution is 2.18. The highest BCUT2D eigenvalue weighted by molar-refractivity contribution is 7.86. The third kappa shape index (κ3) is 5.74. The van der Waals surface area contributed by atoms with E-state index in [1.165, 1.54) is 29.8 Å². The number of carbonyl (C=O) groups excluding carboxylic acids is 1. The zero-order chi connectivity index (χ0) is 23.5. The van der Waals surface area contributed by atoms with Crippen LogP contribution in [0.5, 0.6) is 0 Å². The highest BCUT2D eigenvalue weighted by atomic mass is 32.2. The molecule has 0 fully saturated rings. The molecule has 3 rings (SSSR count). The molecule has 0 aliphatic rings. The molecule has 0 bridgehead atoms. The van der Waals surface area contributed by atoms with Crippen LogP contribution < -0.4 is 5.32 Å². The molecule has 3 aromatic rings. The first-order valence-electron chi connectivity index (χ1n) is 9.45. The first-order valence-corrected chi connectivity index (χ1v) is 10.9. The number of nitrogens with one attached hydrogen (secondary N) is 1. The quantitative estimate of drug-likeness (QED) is 0.510. The van der Waals surface area contributed by atoms with Gasteiger partial charge in [-0.25, -0.2) is 18.2 Å². The predicted octanol–water partition coefficient (Wildman–Crippen LogP) is 3.72. The van der Waals surface area contributed by atoms with Crippen LogP contribution in [0.3, 0.4) is 0 Å². The molecular formula is C21H20F3N3O4S. The fourth-order valence-corrected chi connectivity index (χ4v) is 3.93. The van der Waals surface area contributed by atoms with E-state index in [-0.39, 0.29) is 28.6 Å². The Bertz CT molecular complexity index is 1210. The number of nitrogens with zero attached hydrogens (tertiary/aromatic N) is 2. The zero-order valence-electron chi connectivity index (χ0n) is 17.2. The molecule has 0 spiro atoms. The summed E-state index contributed by atoms with van der Waals surface area (Å²) in [4.78, 5) is 16.2. The van der Waals surface area contributed by atoms with E-state index < -0.39 is 40.4 Å². The molecule has 0 aliphatic heterocycles. The normalized spacial score (nSPS) is 12.5. The second-order valence-corrected chi connectivity index (χ2v) is 8.65. The Morgan fingerprint density at radius 1 is 1.16 bits per heavy atom. The third-order valence-corrected chi connectivity index (χ3v) is 5.85. The number of halogens is 3. The predicted molar refractivity (Wildman–Crippen MR) is 110 cm³/mol. The first kappa shape index (κ1) is 23.5. The number of rotatable bonds is 8. The van der Waals surface area contributed by atoms with Crippen LogP contribution in [-0.4, -0.2) is 30.0 Å². The topological polar surface area (TPSA) is 90.3 Å². The minimum absolute atomic E-state index is 0.0669. The second-order valence-electron chi connectivity index (χ2n) is 7.08. The van der Waals surface area contributed by atoms with Gasteiger partial charge in [0.2, 0.25) is 0 Å². The number of hydrogen-bond acceptors (Lipinski definition) is 5. The number of alkyl halides is 1. The van der Waals surface area contributed by atoms with E-state index in [1.807, 2.05) is 0 Å². The molecule has 1 atom stereocenters. The fraction of sp³-hybridized carbons (Fsp3) is 0.238. The van der Waals surface area contributed by atoms with Crippen molar-refractivity contribution < 1.29 is 30.6 Å². The molecule has 1 N–H and O–H groups in total. The number of carbonyl (C=O) groups is 1. The largest absolute Gasteiger partial charge is 0.326 e. The van der Waals surface area contributed by atoms with E-state index in [4.69, 9.17) is 4.18 Å². The number of aromatic nitrogens is 2. The van der Waals surface area contributed by atoms with Gasteiger partial charge in [-0.05, 0) is 43.7 Å².